The van der Waals surface area contributed by atoms with Crippen molar-refractivity contribution in [3.8, 4) is 11.5 Å². The van der Waals surface area contributed by atoms with E-state index >= 15 is 0 Å². The van der Waals surface area contributed by atoms with Crippen LogP contribution in [0.25, 0.3) is 0 Å². The number of benzene rings is 3. The van der Waals surface area contributed by atoms with E-state index in [1.807, 2.05) is 55.5 Å². The molecule has 1 atom stereocenters. The zero-order chi connectivity index (χ0) is 23.1. The first kappa shape index (κ1) is 23.2. The molecule has 32 heavy (non-hydrogen) atoms. The van der Waals surface area contributed by atoms with E-state index in [2.05, 4.69) is 0 Å². The summed E-state index contributed by atoms with van der Waals surface area (Å²) in [7, 11) is 1.42. The number of methoxy groups -OCH3 is 1. The summed E-state index contributed by atoms with van der Waals surface area (Å²) in [5.74, 6) is -1.20. The number of carbonyl (C=O) groups excluding carboxylic acids is 1. The highest BCUT2D eigenvalue weighted by molar-refractivity contribution is 6.30. The molecular formula is C25H24ClNO5. The molecule has 0 aromatic heterocycles. The van der Waals surface area contributed by atoms with Crippen molar-refractivity contribution in [1.29, 1.82) is 0 Å². The maximum atomic E-state index is 13.3. The normalized spacial score (nSPS) is 11.5. The number of para-hydroxylation sites is 1. The lowest BCUT2D eigenvalue weighted by molar-refractivity contribution is -0.136. The van der Waals surface area contributed by atoms with Crippen molar-refractivity contribution >= 4 is 23.5 Å². The molecule has 0 unspecified atom stereocenters. The quantitative estimate of drug-likeness (QED) is 0.481. The second-order valence-electron chi connectivity index (χ2n) is 7.17. The van der Waals surface area contributed by atoms with Gasteiger partial charge in [0.15, 0.2) is 18.1 Å². The zero-order valence-electron chi connectivity index (χ0n) is 17.8. The number of hydrogen-bond acceptors (Lipinski definition) is 4. The number of carboxylic acid groups (broad SMARTS) is 1. The molecule has 0 aliphatic heterocycles. The summed E-state index contributed by atoms with van der Waals surface area (Å²) in [6, 6.07) is 21.3. The van der Waals surface area contributed by atoms with Crippen LogP contribution in [0.1, 0.15) is 34.5 Å². The molecule has 7 heteroatoms. The van der Waals surface area contributed by atoms with Crippen molar-refractivity contribution in [2.24, 2.45) is 0 Å². The molecule has 0 radical (unpaired) electrons. The molecule has 1 amide bonds. The molecule has 0 saturated carbocycles. The summed E-state index contributed by atoms with van der Waals surface area (Å²) in [6.45, 7) is 1.90. The summed E-state index contributed by atoms with van der Waals surface area (Å²) in [4.78, 5) is 26.5. The highest BCUT2D eigenvalue weighted by Gasteiger charge is 2.24. The number of ether oxygens (including phenoxy) is 2. The van der Waals surface area contributed by atoms with Gasteiger partial charge in [0.2, 0.25) is 0 Å². The molecule has 0 fully saturated rings. The maximum absolute atomic E-state index is 13.3. The Morgan fingerprint density at radius 1 is 1.03 bits per heavy atom. The standard InChI is InChI=1S/C25H24ClNO5/c1-17(19-9-4-3-5-10-19)27(15-18-8-6-11-20(26)14-18)23(28)16-32-24-21(25(29)30)12-7-13-22(24)31-2/h3-14,17H,15-16H2,1-2H3,(H,29,30)/t17-/m0/s1. The molecule has 6 nitrogen and oxygen atoms in total. The molecule has 0 aliphatic carbocycles. The van der Waals surface area contributed by atoms with Gasteiger partial charge in [-0.15, -0.1) is 0 Å². The number of hydrogen-bond donors (Lipinski definition) is 1. The minimum absolute atomic E-state index is 0.0194. The lowest BCUT2D eigenvalue weighted by Crippen LogP contribution is -2.36. The van der Waals surface area contributed by atoms with Crippen LogP contribution in [-0.4, -0.2) is 35.6 Å². The number of carbonyl (C=O) groups is 2. The van der Waals surface area contributed by atoms with Gasteiger partial charge in [-0.05, 0) is 42.3 Å². The Kier molecular flexibility index (Phi) is 7.73. The van der Waals surface area contributed by atoms with Crippen molar-refractivity contribution in [1.82, 2.24) is 4.90 Å². The zero-order valence-corrected chi connectivity index (χ0v) is 18.6. The van der Waals surface area contributed by atoms with Crippen LogP contribution in [0.15, 0.2) is 72.8 Å². The molecule has 0 spiro atoms. The summed E-state index contributed by atoms with van der Waals surface area (Å²) in [5.41, 5.74) is 1.76. The average molecular weight is 454 g/mol. The fraction of sp³-hybridized carbons (Fsp3) is 0.200. The molecule has 3 rings (SSSR count). The fourth-order valence-electron chi connectivity index (χ4n) is 3.40. The van der Waals surface area contributed by atoms with E-state index < -0.39 is 5.97 Å². The highest BCUT2D eigenvalue weighted by Crippen LogP contribution is 2.31. The molecule has 166 valence electrons. The molecule has 0 saturated heterocycles. The molecule has 0 bridgehead atoms. The minimum atomic E-state index is -1.17. The SMILES string of the molecule is COc1cccc(C(=O)O)c1OCC(=O)N(Cc1cccc(Cl)c1)[C@@H](C)c1ccccc1. The molecule has 0 heterocycles. The lowest BCUT2D eigenvalue weighted by atomic mass is 10.1. The number of carboxylic acids is 1. The number of aromatic carboxylic acids is 1. The van der Waals surface area contributed by atoms with Crippen LogP contribution in [0.3, 0.4) is 0 Å². The average Bonchev–Trinajstić information content (AvgIpc) is 2.80. The third kappa shape index (κ3) is 5.59. The van der Waals surface area contributed by atoms with E-state index in [1.165, 1.54) is 13.2 Å². The van der Waals surface area contributed by atoms with Gasteiger partial charge in [0.1, 0.15) is 5.56 Å². The van der Waals surface area contributed by atoms with Crippen LogP contribution in [-0.2, 0) is 11.3 Å². The Labute approximate surface area is 192 Å². The van der Waals surface area contributed by atoms with E-state index in [1.54, 1.807) is 23.1 Å². The largest absolute Gasteiger partial charge is 0.493 e. The summed E-state index contributed by atoms with van der Waals surface area (Å²) in [6.07, 6.45) is 0. The Hall–Kier alpha value is -3.51. The third-order valence-electron chi connectivity index (χ3n) is 5.08. The van der Waals surface area contributed by atoms with Crippen molar-refractivity contribution in [2.75, 3.05) is 13.7 Å². The van der Waals surface area contributed by atoms with Gasteiger partial charge in [-0.25, -0.2) is 4.79 Å². The summed E-state index contributed by atoms with van der Waals surface area (Å²) >= 11 is 6.13. The molecular weight excluding hydrogens is 430 g/mol. The third-order valence-corrected chi connectivity index (χ3v) is 5.32. The van der Waals surface area contributed by atoms with Crippen molar-refractivity contribution in [3.63, 3.8) is 0 Å². The fourth-order valence-corrected chi connectivity index (χ4v) is 3.61. The second-order valence-corrected chi connectivity index (χ2v) is 7.61. The number of halogens is 1. The van der Waals surface area contributed by atoms with E-state index in [0.29, 0.717) is 11.6 Å². The second kappa shape index (κ2) is 10.7. The van der Waals surface area contributed by atoms with Crippen LogP contribution in [0.4, 0.5) is 0 Å². The number of nitrogens with zero attached hydrogens (tertiary/aromatic N) is 1. The van der Waals surface area contributed by atoms with Crippen molar-refractivity contribution in [2.45, 2.75) is 19.5 Å². The first-order chi connectivity index (χ1) is 15.4. The predicted molar refractivity (Wildman–Crippen MR) is 122 cm³/mol. The predicted octanol–water partition coefficient (Wildman–Crippen LogP) is 5.22. The van der Waals surface area contributed by atoms with E-state index in [4.69, 9.17) is 21.1 Å². The van der Waals surface area contributed by atoms with Crippen LogP contribution < -0.4 is 9.47 Å². The Morgan fingerprint density at radius 3 is 2.41 bits per heavy atom. The monoisotopic (exact) mass is 453 g/mol. The van der Waals surface area contributed by atoms with Gasteiger partial charge in [0.25, 0.3) is 5.91 Å². The summed E-state index contributed by atoms with van der Waals surface area (Å²) in [5, 5.41) is 10.1. The molecule has 3 aromatic rings. The van der Waals surface area contributed by atoms with E-state index in [0.717, 1.165) is 11.1 Å². The lowest BCUT2D eigenvalue weighted by Gasteiger charge is -2.30. The molecule has 1 N–H and O–H groups in total. The topological polar surface area (TPSA) is 76.1 Å². The Balaban J connectivity index is 1.87. The van der Waals surface area contributed by atoms with Crippen LogP contribution in [0.2, 0.25) is 5.02 Å². The first-order valence-electron chi connectivity index (χ1n) is 10.0. The van der Waals surface area contributed by atoms with Gasteiger partial charge < -0.3 is 19.5 Å². The van der Waals surface area contributed by atoms with Crippen LogP contribution in [0.5, 0.6) is 11.5 Å². The molecule has 3 aromatic carbocycles. The van der Waals surface area contributed by atoms with E-state index in [9.17, 15) is 14.7 Å². The van der Waals surface area contributed by atoms with Gasteiger partial charge in [-0.2, -0.15) is 0 Å². The van der Waals surface area contributed by atoms with Crippen LogP contribution in [0, 0.1) is 0 Å². The van der Waals surface area contributed by atoms with Gasteiger partial charge >= 0.3 is 5.97 Å². The minimum Gasteiger partial charge on any atom is -0.493 e. The molecule has 0 aliphatic rings. The van der Waals surface area contributed by atoms with Gasteiger partial charge in [0, 0.05) is 11.6 Å². The number of amides is 1. The summed E-state index contributed by atoms with van der Waals surface area (Å²) < 4.78 is 10.9. The number of rotatable bonds is 9. The van der Waals surface area contributed by atoms with Crippen LogP contribution >= 0.6 is 11.6 Å². The highest BCUT2D eigenvalue weighted by atomic mass is 35.5. The maximum Gasteiger partial charge on any atom is 0.339 e. The smallest absolute Gasteiger partial charge is 0.339 e. The first-order valence-corrected chi connectivity index (χ1v) is 10.4. The van der Waals surface area contributed by atoms with E-state index in [-0.39, 0.29) is 35.6 Å². The van der Waals surface area contributed by atoms with Gasteiger partial charge in [-0.1, -0.05) is 60.1 Å². The van der Waals surface area contributed by atoms with Gasteiger partial charge in [0.05, 0.1) is 13.2 Å². The Bertz CT molecular complexity index is 1090. The van der Waals surface area contributed by atoms with Gasteiger partial charge in [-0.3, -0.25) is 4.79 Å². The van der Waals surface area contributed by atoms with Crippen molar-refractivity contribution < 1.29 is 24.2 Å². The Morgan fingerprint density at radius 2 is 1.75 bits per heavy atom. The van der Waals surface area contributed by atoms with Crippen molar-refractivity contribution in [3.05, 3.63) is 94.5 Å².